The summed E-state index contributed by atoms with van der Waals surface area (Å²) in [6.45, 7) is 0.959. The molecule has 1 nitrogen and oxygen atoms in total. The number of hydrogen-bond acceptors (Lipinski definition) is 1. The van der Waals surface area contributed by atoms with Crippen molar-refractivity contribution in [2.45, 2.75) is 12.3 Å². The summed E-state index contributed by atoms with van der Waals surface area (Å²) >= 11 is 6.11. The van der Waals surface area contributed by atoms with Gasteiger partial charge in [0.05, 0.1) is 10.7 Å². The van der Waals surface area contributed by atoms with Crippen LogP contribution in [0.3, 0.4) is 0 Å². The van der Waals surface area contributed by atoms with E-state index >= 15 is 0 Å². The highest BCUT2D eigenvalue weighted by Gasteiger charge is 2.24. The Hall–Kier alpha value is -1.47. The Kier molecular flexibility index (Phi) is 2.77. The molecule has 1 unspecified atom stereocenters. The van der Waals surface area contributed by atoms with Crippen molar-refractivity contribution in [3.63, 3.8) is 0 Å². The minimum absolute atomic E-state index is 0.627. The lowest BCUT2D eigenvalue weighted by Gasteiger charge is -2.30. The zero-order valence-electron chi connectivity index (χ0n) is 9.49. The molecule has 1 aliphatic rings. The monoisotopic (exact) mass is 243 g/mol. The second-order valence-electron chi connectivity index (χ2n) is 4.46. The summed E-state index contributed by atoms with van der Waals surface area (Å²) in [7, 11) is 0. The van der Waals surface area contributed by atoms with Crippen molar-refractivity contribution in [2.75, 3.05) is 11.9 Å². The van der Waals surface area contributed by atoms with E-state index in [9.17, 15) is 0 Å². The maximum absolute atomic E-state index is 6.11. The molecule has 0 saturated heterocycles. The first-order valence-corrected chi connectivity index (χ1v) is 6.28. The highest BCUT2D eigenvalue weighted by molar-refractivity contribution is 6.33. The molecule has 17 heavy (non-hydrogen) atoms. The Bertz CT molecular complexity index is 536. The van der Waals surface area contributed by atoms with Crippen molar-refractivity contribution in [1.29, 1.82) is 0 Å². The Labute approximate surface area is 106 Å². The van der Waals surface area contributed by atoms with Crippen LogP contribution in [0.5, 0.6) is 0 Å². The van der Waals surface area contributed by atoms with Gasteiger partial charge >= 0.3 is 0 Å². The quantitative estimate of drug-likeness (QED) is 0.856. The Balaban J connectivity index is 1.66. The maximum Gasteiger partial charge on any atom is 0.0637 e. The summed E-state index contributed by atoms with van der Waals surface area (Å²) in [4.78, 5) is 0. The van der Waals surface area contributed by atoms with Crippen molar-refractivity contribution in [3.8, 4) is 0 Å². The highest BCUT2D eigenvalue weighted by Crippen LogP contribution is 2.35. The van der Waals surface area contributed by atoms with Crippen molar-refractivity contribution < 1.29 is 0 Å². The van der Waals surface area contributed by atoms with Crippen LogP contribution < -0.4 is 5.32 Å². The normalized spacial score (nSPS) is 17.1. The third-order valence-corrected chi connectivity index (χ3v) is 3.70. The first kappa shape index (κ1) is 10.7. The fourth-order valence-corrected chi connectivity index (χ4v) is 2.59. The summed E-state index contributed by atoms with van der Waals surface area (Å²) in [5, 5.41) is 4.22. The molecule has 86 valence electrons. The Morgan fingerprint density at radius 3 is 2.65 bits per heavy atom. The van der Waals surface area contributed by atoms with Crippen LogP contribution in [0.25, 0.3) is 0 Å². The van der Waals surface area contributed by atoms with E-state index in [0.29, 0.717) is 5.92 Å². The molecule has 3 rings (SSSR count). The number of benzene rings is 2. The van der Waals surface area contributed by atoms with Gasteiger partial charge in [0.15, 0.2) is 0 Å². The third kappa shape index (κ3) is 2.03. The molecule has 0 amide bonds. The highest BCUT2D eigenvalue weighted by atomic mass is 35.5. The van der Waals surface area contributed by atoms with Gasteiger partial charge in [0.2, 0.25) is 0 Å². The van der Waals surface area contributed by atoms with E-state index in [4.69, 9.17) is 11.6 Å². The zero-order valence-corrected chi connectivity index (χ0v) is 10.2. The average Bonchev–Trinajstić information content (AvgIpc) is 2.32. The topological polar surface area (TPSA) is 12.0 Å². The van der Waals surface area contributed by atoms with Crippen LogP contribution in [-0.4, -0.2) is 6.54 Å². The molecule has 0 spiro atoms. The van der Waals surface area contributed by atoms with Gasteiger partial charge in [-0.3, -0.25) is 0 Å². The van der Waals surface area contributed by atoms with E-state index in [1.54, 1.807) is 0 Å². The first-order chi connectivity index (χ1) is 8.34. The van der Waals surface area contributed by atoms with Crippen molar-refractivity contribution in [1.82, 2.24) is 0 Å². The number of halogens is 1. The summed E-state index contributed by atoms with van der Waals surface area (Å²) < 4.78 is 0. The van der Waals surface area contributed by atoms with Crippen LogP contribution in [0.2, 0.25) is 5.02 Å². The predicted molar refractivity (Wildman–Crippen MR) is 72.8 cm³/mol. The second kappa shape index (κ2) is 4.42. The molecular weight excluding hydrogens is 230 g/mol. The van der Waals surface area contributed by atoms with Crippen LogP contribution in [0.1, 0.15) is 17.0 Å². The molecule has 0 saturated carbocycles. The van der Waals surface area contributed by atoms with Gasteiger partial charge in [-0.15, -0.1) is 0 Å². The van der Waals surface area contributed by atoms with Crippen LogP contribution in [0.4, 0.5) is 5.69 Å². The molecule has 1 N–H and O–H groups in total. The largest absolute Gasteiger partial charge is 0.383 e. The standard InChI is InChI=1S/C15H14ClN/c16-14-7-3-4-8-15(14)17-10-12-9-11-5-1-2-6-13(11)12/h1-8,12,17H,9-10H2. The van der Waals surface area contributed by atoms with E-state index in [1.165, 1.54) is 17.5 Å². The van der Waals surface area contributed by atoms with Crippen molar-refractivity contribution in [2.24, 2.45) is 0 Å². The lowest BCUT2D eigenvalue weighted by atomic mass is 9.77. The number of hydrogen-bond donors (Lipinski definition) is 1. The Morgan fingerprint density at radius 1 is 1.06 bits per heavy atom. The van der Waals surface area contributed by atoms with Gasteiger partial charge in [0.1, 0.15) is 0 Å². The van der Waals surface area contributed by atoms with Gasteiger partial charge in [-0.2, -0.15) is 0 Å². The molecule has 2 aromatic carbocycles. The molecule has 0 radical (unpaired) electrons. The molecule has 0 aliphatic heterocycles. The number of rotatable bonds is 3. The summed E-state index contributed by atoms with van der Waals surface area (Å²) in [6.07, 6.45) is 1.17. The first-order valence-electron chi connectivity index (χ1n) is 5.91. The van der Waals surface area contributed by atoms with E-state index in [2.05, 4.69) is 29.6 Å². The van der Waals surface area contributed by atoms with Crippen molar-refractivity contribution in [3.05, 3.63) is 64.7 Å². The number of para-hydroxylation sites is 1. The van der Waals surface area contributed by atoms with Crippen molar-refractivity contribution >= 4 is 17.3 Å². The van der Waals surface area contributed by atoms with E-state index in [0.717, 1.165) is 17.3 Å². The van der Waals surface area contributed by atoms with Crippen LogP contribution in [-0.2, 0) is 6.42 Å². The zero-order chi connectivity index (χ0) is 11.7. The smallest absolute Gasteiger partial charge is 0.0637 e. The van der Waals surface area contributed by atoms with Crippen LogP contribution >= 0.6 is 11.6 Å². The van der Waals surface area contributed by atoms with Gasteiger partial charge < -0.3 is 5.32 Å². The minimum atomic E-state index is 0.627. The van der Waals surface area contributed by atoms with Gasteiger partial charge in [-0.1, -0.05) is 48.0 Å². The summed E-state index contributed by atoms with van der Waals surface area (Å²) in [6, 6.07) is 16.5. The van der Waals surface area contributed by atoms with Crippen LogP contribution in [0.15, 0.2) is 48.5 Å². The maximum atomic E-state index is 6.11. The Morgan fingerprint density at radius 2 is 1.82 bits per heavy atom. The number of anilines is 1. The second-order valence-corrected chi connectivity index (χ2v) is 4.87. The third-order valence-electron chi connectivity index (χ3n) is 3.37. The fourth-order valence-electron chi connectivity index (χ4n) is 2.38. The SMILES string of the molecule is Clc1ccccc1NCC1Cc2ccccc21. The fraction of sp³-hybridized carbons (Fsp3) is 0.200. The summed E-state index contributed by atoms with van der Waals surface area (Å²) in [5.41, 5.74) is 3.99. The molecule has 2 heteroatoms. The number of nitrogens with one attached hydrogen (secondary N) is 1. The van der Waals surface area contributed by atoms with Gasteiger partial charge in [0.25, 0.3) is 0 Å². The van der Waals surface area contributed by atoms with E-state index in [1.807, 2.05) is 24.3 Å². The van der Waals surface area contributed by atoms with Gasteiger partial charge in [0, 0.05) is 12.5 Å². The van der Waals surface area contributed by atoms with Crippen LogP contribution in [0, 0.1) is 0 Å². The predicted octanol–water partition coefficient (Wildman–Crippen LogP) is 4.09. The molecule has 0 aromatic heterocycles. The molecule has 0 bridgehead atoms. The molecule has 1 aliphatic carbocycles. The van der Waals surface area contributed by atoms with E-state index < -0.39 is 0 Å². The average molecular weight is 244 g/mol. The molecule has 1 atom stereocenters. The van der Waals surface area contributed by atoms with E-state index in [-0.39, 0.29) is 0 Å². The molecular formula is C15H14ClN. The summed E-state index contributed by atoms with van der Waals surface area (Å²) in [5.74, 6) is 0.627. The number of fused-ring (bicyclic) bond motifs is 1. The van der Waals surface area contributed by atoms with Gasteiger partial charge in [-0.25, -0.2) is 0 Å². The molecule has 0 fully saturated rings. The minimum Gasteiger partial charge on any atom is -0.383 e. The van der Waals surface area contributed by atoms with Gasteiger partial charge in [-0.05, 0) is 29.7 Å². The lowest BCUT2D eigenvalue weighted by Crippen LogP contribution is -2.24. The lowest BCUT2D eigenvalue weighted by molar-refractivity contribution is 0.636. The molecule has 0 heterocycles. The molecule has 2 aromatic rings.